The Balaban J connectivity index is 1.68. The lowest BCUT2D eigenvalue weighted by atomic mass is 10.0. The van der Waals surface area contributed by atoms with Crippen LogP contribution in [-0.2, 0) is 0 Å². The Morgan fingerprint density at radius 1 is 0.562 bits per heavy atom. The van der Waals surface area contributed by atoms with Gasteiger partial charge in [0, 0.05) is 41.7 Å². The number of rotatable bonds is 0. The Hall–Kier alpha value is -3.95. The minimum Gasteiger partial charge on any atom is -0.275 e. The predicted octanol–water partition coefficient (Wildman–Crippen LogP) is 7.72. The molecule has 32 heavy (non-hydrogen) atoms. The van der Waals surface area contributed by atoms with Gasteiger partial charge in [-0.3, -0.25) is 9.20 Å². The Bertz CT molecular complexity index is 2110. The summed E-state index contributed by atoms with van der Waals surface area (Å²) >= 11 is 1.80. The third-order valence-electron chi connectivity index (χ3n) is 6.92. The summed E-state index contributed by atoms with van der Waals surface area (Å²) in [5.74, 6) is 0. The Kier molecular flexibility index (Phi) is 2.94. The molecule has 3 heterocycles. The molecule has 0 aliphatic rings. The van der Waals surface area contributed by atoms with E-state index in [-0.39, 0.29) is 5.56 Å². The molecule has 2 nitrogen and oxygen atoms in total. The monoisotopic (exact) mass is 425 g/mol. The van der Waals surface area contributed by atoms with E-state index in [9.17, 15) is 4.79 Å². The van der Waals surface area contributed by atoms with E-state index in [0.717, 1.165) is 38.0 Å². The molecular formula is C29H15NOS. The maximum absolute atomic E-state index is 13.6. The highest BCUT2D eigenvalue weighted by atomic mass is 32.1. The molecule has 0 aliphatic carbocycles. The highest BCUT2D eigenvalue weighted by Gasteiger charge is 2.19. The van der Waals surface area contributed by atoms with E-state index in [0.29, 0.717) is 0 Å². The van der Waals surface area contributed by atoms with Gasteiger partial charge in [0.15, 0.2) is 0 Å². The van der Waals surface area contributed by atoms with Crippen LogP contribution in [0.1, 0.15) is 0 Å². The van der Waals surface area contributed by atoms with E-state index in [1.54, 1.807) is 11.3 Å². The molecule has 0 radical (unpaired) electrons. The summed E-state index contributed by atoms with van der Waals surface area (Å²) < 4.78 is 4.44. The molecule has 0 amide bonds. The van der Waals surface area contributed by atoms with Crippen molar-refractivity contribution >= 4 is 80.2 Å². The average molecular weight is 426 g/mol. The number of fused-ring (bicyclic) bond motifs is 10. The minimum atomic E-state index is 0.0604. The predicted molar refractivity (Wildman–Crippen MR) is 138 cm³/mol. The van der Waals surface area contributed by atoms with Crippen molar-refractivity contribution in [1.29, 1.82) is 0 Å². The fourth-order valence-corrected chi connectivity index (χ4v) is 6.69. The van der Waals surface area contributed by atoms with E-state index < -0.39 is 0 Å². The number of hydrogen-bond donors (Lipinski definition) is 0. The van der Waals surface area contributed by atoms with Crippen molar-refractivity contribution in [3.8, 4) is 0 Å². The number of pyridine rings is 1. The van der Waals surface area contributed by atoms with Gasteiger partial charge in [0.1, 0.15) is 0 Å². The first kappa shape index (κ1) is 16.7. The summed E-state index contributed by atoms with van der Waals surface area (Å²) in [5.41, 5.74) is 2.08. The van der Waals surface area contributed by atoms with Crippen molar-refractivity contribution in [2.45, 2.75) is 0 Å². The molecule has 8 rings (SSSR count). The van der Waals surface area contributed by atoms with Crippen molar-refractivity contribution in [2.24, 2.45) is 0 Å². The van der Waals surface area contributed by atoms with Gasteiger partial charge in [-0.1, -0.05) is 66.7 Å². The first-order valence-corrected chi connectivity index (χ1v) is 11.6. The van der Waals surface area contributed by atoms with Crippen molar-refractivity contribution in [2.75, 3.05) is 0 Å². The van der Waals surface area contributed by atoms with Gasteiger partial charge in [-0.05, 0) is 40.4 Å². The SMILES string of the molecule is O=c1c2ccccc2c2cccc3c4cc5c(cc4n1c23)sc1ccc2ccccc2c15. The van der Waals surface area contributed by atoms with Crippen LogP contribution < -0.4 is 5.56 Å². The van der Waals surface area contributed by atoms with Gasteiger partial charge in [-0.2, -0.15) is 0 Å². The third-order valence-corrected chi connectivity index (χ3v) is 8.04. The summed E-state index contributed by atoms with van der Waals surface area (Å²) in [6, 6.07) is 31.9. The van der Waals surface area contributed by atoms with Gasteiger partial charge in [0.05, 0.1) is 11.0 Å². The zero-order valence-electron chi connectivity index (χ0n) is 16.9. The van der Waals surface area contributed by atoms with Crippen LogP contribution in [0.2, 0.25) is 0 Å². The molecule has 8 aromatic rings. The van der Waals surface area contributed by atoms with Crippen LogP contribution in [0.5, 0.6) is 0 Å². The summed E-state index contributed by atoms with van der Waals surface area (Å²) in [7, 11) is 0. The van der Waals surface area contributed by atoms with E-state index in [1.807, 2.05) is 22.6 Å². The zero-order valence-corrected chi connectivity index (χ0v) is 17.7. The fraction of sp³-hybridized carbons (Fsp3) is 0. The molecule has 3 aromatic heterocycles. The molecule has 0 atom stereocenters. The number of hydrogen-bond acceptors (Lipinski definition) is 2. The number of nitrogens with zero attached hydrogens (tertiary/aromatic N) is 1. The van der Waals surface area contributed by atoms with Crippen LogP contribution >= 0.6 is 11.3 Å². The second-order valence-corrected chi connectivity index (χ2v) is 9.60. The highest BCUT2D eigenvalue weighted by molar-refractivity contribution is 7.26. The molecule has 0 bridgehead atoms. The van der Waals surface area contributed by atoms with Crippen LogP contribution in [0.15, 0.2) is 95.8 Å². The largest absolute Gasteiger partial charge is 0.275 e. The normalized spacial score (nSPS) is 12.5. The standard InChI is InChI=1S/C29H15NOS/c31-29-21-9-4-3-8-18(21)19-10-5-11-20-22-14-23-26(15-24(22)30(29)28(19)20)32-25-13-12-16-6-1-2-7-17(16)27(23)25/h1-15H. The first-order chi connectivity index (χ1) is 15.8. The molecular weight excluding hydrogens is 410 g/mol. The number of thiophene rings is 1. The summed E-state index contributed by atoms with van der Waals surface area (Å²) in [6.07, 6.45) is 0. The van der Waals surface area contributed by atoms with Crippen LogP contribution in [-0.4, -0.2) is 4.40 Å². The Labute approximate surface area is 185 Å². The number of aromatic nitrogens is 1. The maximum atomic E-state index is 13.6. The Morgan fingerprint density at radius 2 is 1.28 bits per heavy atom. The van der Waals surface area contributed by atoms with E-state index in [4.69, 9.17) is 0 Å². The van der Waals surface area contributed by atoms with E-state index in [2.05, 4.69) is 72.8 Å². The lowest BCUT2D eigenvalue weighted by Gasteiger charge is -2.05. The quantitative estimate of drug-likeness (QED) is 0.228. The summed E-state index contributed by atoms with van der Waals surface area (Å²) in [6.45, 7) is 0. The number of benzene rings is 5. The first-order valence-electron chi connectivity index (χ1n) is 10.7. The van der Waals surface area contributed by atoms with Gasteiger partial charge in [-0.15, -0.1) is 11.3 Å². The zero-order chi connectivity index (χ0) is 21.0. The molecule has 0 spiro atoms. The van der Waals surface area contributed by atoms with E-state index >= 15 is 0 Å². The second-order valence-electron chi connectivity index (χ2n) is 8.52. The number of para-hydroxylation sites is 1. The van der Waals surface area contributed by atoms with Crippen molar-refractivity contribution < 1.29 is 0 Å². The molecule has 0 saturated carbocycles. The van der Waals surface area contributed by atoms with Gasteiger partial charge >= 0.3 is 0 Å². The van der Waals surface area contributed by atoms with Gasteiger partial charge in [0.2, 0.25) is 0 Å². The minimum absolute atomic E-state index is 0.0604. The molecule has 5 aromatic carbocycles. The van der Waals surface area contributed by atoms with Gasteiger partial charge < -0.3 is 0 Å². The van der Waals surface area contributed by atoms with Crippen LogP contribution in [0.4, 0.5) is 0 Å². The van der Waals surface area contributed by atoms with Crippen molar-refractivity contribution in [1.82, 2.24) is 4.40 Å². The second kappa shape index (κ2) is 5.64. The molecule has 0 aliphatic heterocycles. The lowest BCUT2D eigenvalue weighted by Crippen LogP contribution is -2.12. The van der Waals surface area contributed by atoms with Crippen LogP contribution in [0.25, 0.3) is 68.9 Å². The third kappa shape index (κ3) is 1.89. The maximum Gasteiger partial charge on any atom is 0.263 e. The van der Waals surface area contributed by atoms with E-state index in [1.165, 1.54) is 30.9 Å². The summed E-state index contributed by atoms with van der Waals surface area (Å²) in [4.78, 5) is 13.6. The molecule has 0 N–H and O–H groups in total. The smallest absolute Gasteiger partial charge is 0.263 e. The molecule has 0 fully saturated rings. The molecule has 0 saturated heterocycles. The molecule has 3 heteroatoms. The van der Waals surface area contributed by atoms with Gasteiger partial charge in [0.25, 0.3) is 5.56 Å². The topological polar surface area (TPSA) is 21.5 Å². The fourth-order valence-electron chi connectivity index (χ4n) is 5.56. The Morgan fingerprint density at radius 3 is 2.16 bits per heavy atom. The van der Waals surface area contributed by atoms with Gasteiger partial charge in [-0.25, -0.2) is 0 Å². The summed E-state index contributed by atoms with van der Waals surface area (Å²) in [5, 5.41) is 10.3. The molecule has 148 valence electrons. The van der Waals surface area contributed by atoms with Crippen LogP contribution in [0.3, 0.4) is 0 Å². The van der Waals surface area contributed by atoms with Crippen LogP contribution in [0, 0.1) is 0 Å². The van der Waals surface area contributed by atoms with Crippen molar-refractivity contribution in [3.05, 3.63) is 101 Å². The molecule has 0 unspecified atom stereocenters. The van der Waals surface area contributed by atoms with Crippen molar-refractivity contribution in [3.63, 3.8) is 0 Å². The highest BCUT2D eigenvalue weighted by Crippen LogP contribution is 2.42. The average Bonchev–Trinajstić information content (AvgIpc) is 3.37. The lowest BCUT2D eigenvalue weighted by molar-refractivity contribution is 1.21.